The first kappa shape index (κ1) is 9.50. The van der Waals surface area contributed by atoms with Crippen molar-refractivity contribution >= 4 is 0 Å². The summed E-state index contributed by atoms with van der Waals surface area (Å²) < 4.78 is 0. The molecule has 0 heterocycles. The summed E-state index contributed by atoms with van der Waals surface area (Å²) in [5, 5.41) is 20.6. The molecule has 0 radical (unpaired) electrons. The van der Waals surface area contributed by atoms with E-state index in [4.69, 9.17) is 10.4 Å². The average molecular weight is 168 g/mol. The van der Waals surface area contributed by atoms with Crippen molar-refractivity contribution in [1.82, 2.24) is 5.32 Å². The minimum absolute atomic E-state index is 0.0991. The van der Waals surface area contributed by atoms with E-state index in [1.807, 2.05) is 6.92 Å². The van der Waals surface area contributed by atoms with Crippen LogP contribution < -0.4 is 5.32 Å². The first-order valence-electron chi connectivity index (χ1n) is 4.47. The maximum absolute atomic E-state index is 8.89. The van der Waals surface area contributed by atoms with Crippen molar-refractivity contribution in [3.63, 3.8) is 0 Å². The van der Waals surface area contributed by atoms with Gasteiger partial charge in [-0.25, -0.2) is 0 Å². The van der Waals surface area contributed by atoms with Gasteiger partial charge in [0.15, 0.2) is 0 Å². The molecule has 1 aliphatic rings. The lowest BCUT2D eigenvalue weighted by Crippen LogP contribution is -2.42. The van der Waals surface area contributed by atoms with Crippen molar-refractivity contribution in [3.8, 4) is 6.07 Å². The quantitative estimate of drug-likeness (QED) is 0.633. The summed E-state index contributed by atoms with van der Waals surface area (Å²) in [6.45, 7) is 2.51. The maximum Gasteiger partial charge on any atom is 0.104 e. The molecule has 1 rings (SSSR count). The van der Waals surface area contributed by atoms with E-state index < -0.39 is 5.54 Å². The second-order valence-electron chi connectivity index (χ2n) is 3.74. The van der Waals surface area contributed by atoms with Crippen molar-refractivity contribution < 1.29 is 5.11 Å². The van der Waals surface area contributed by atoms with Gasteiger partial charge in [-0.2, -0.15) is 5.26 Å². The first-order chi connectivity index (χ1) is 5.70. The van der Waals surface area contributed by atoms with Crippen molar-refractivity contribution in [2.24, 2.45) is 5.92 Å². The average Bonchev–Trinajstić information content (AvgIpc) is 2.85. The van der Waals surface area contributed by atoms with Crippen molar-refractivity contribution in [3.05, 3.63) is 0 Å². The SMILES string of the molecule is CC(C#N)(CC1CC1)NCCO. The third-order valence-electron chi connectivity index (χ3n) is 2.27. The normalized spacial score (nSPS) is 21.4. The monoisotopic (exact) mass is 168 g/mol. The Hall–Kier alpha value is -0.590. The van der Waals surface area contributed by atoms with Gasteiger partial charge in [0.1, 0.15) is 5.54 Å². The highest BCUT2D eigenvalue weighted by atomic mass is 16.3. The summed E-state index contributed by atoms with van der Waals surface area (Å²) in [6.07, 6.45) is 3.44. The van der Waals surface area contributed by atoms with Crippen LogP contribution in [0.3, 0.4) is 0 Å². The Kier molecular flexibility index (Phi) is 3.07. The Labute approximate surface area is 73.4 Å². The van der Waals surface area contributed by atoms with Gasteiger partial charge in [0.25, 0.3) is 0 Å². The molecule has 1 saturated carbocycles. The van der Waals surface area contributed by atoms with Crippen LogP contribution in [0.4, 0.5) is 0 Å². The van der Waals surface area contributed by atoms with E-state index in [1.54, 1.807) is 0 Å². The lowest BCUT2D eigenvalue weighted by molar-refractivity contribution is 0.270. The molecule has 3 heteroatoms. The van der Waals surface area contributed by atoms with Gasteiger partial charge in [0.05, 0.1) is 12.7 Å². The van der Waals surface area contributed by atoms with Crippen LogP contribution in [0.1, 0.15) is 26.2 Å². The maximum atomic E-state index is 8.89. The zero-order chi connectivity index (χ0) is 9.03. The van der Waals surface area contributed by atoms with Crippen LogP contribution in [0.25, 0.3) is 0 Å². The smallest absolute Gasteiger partial charge is 0.104 e. The van der Waals surface area contributed by atoms with Crippen molar-refractivity contribution in [2.45, 2.75) is 31.7 Å². The second kappa shape index (κ2) is 3.88. The molecule has 0 aromatic heterocycles. The third-order valence-corrected chi connectivity index (χ3v) is 2.27. The molecule has 0 spiro atoms. The molecule has 3 nitrogen and oxygen atoms in total. The zero-order valence-electron chi connectivity index (χ0n) is 7.51. The largest absolute Gasteiger partial charge is 0.395 e. The van der Waals surface area contributed by atoms with Gasteiger partial charge >= 0.3 is 0 Å². The van der Waals surface area contributed by atoms with Crippen LogP contribution in [0.2, 0.25) is 0 Å². The van der Waals surface area contributed by atoms with E-state index >= 15 is 0 Å². The Morgan fingerprint density at radius 1 is 1.67 bits per heavy atom. The fourth-order valence-corrected chi connectivity index (χ4v) is 1.39. The fraction of sp³-hybridized carbons (Fsp3) is 0.889. The van der Waals surface area contributed by atoms with Gasteiger partial charge in [-0.05, 0) is 19.3 Å². The van der Waals surface area contributed by atoms with Gasteiger partial charge in [0.2, 0.25) is 0 Å². The molecule has 1 atom stereocenters. The van der Waals surface area contributed by atoms with Gasteiger partial charge in [-0.3, -0.25) is 5.32 Å². The zero-order valence-corrected chi connectivity index (χ0v) is 7.51. The summed E-state index contributed by atoms with van der Waals surface area (Å²) in [5.41, 5.74) is -0.427. The first-order valence-corrected chi connectivity index (χ1v) is 4.47. The molecule has 68 valence electrons. The lowest BCUT2D eigenvalue weighted by atomic mass is 9.97. The molecule has 1 fully saturated rings. The van der Waals surface area contributed by atoms with E-state index in [0.717, 1.165) is 12.3 Å². The lowest BCUT2D eigenvalue weighted by Gasteiger charge is -2.22. The third kappa shape index (κ3) is 2.80. The molecule has 0 aromatic rings. The van der Waals surface area contributed by atoms with Crippen molar-refractivity contribution in [1.29, 1.82) is 5.26 Å². The van der Waals surface area contributed by atoms with Gasteiger partial charge in [-0.1, -0.05) is 12.8 Å². The van der Waals surface area contributed by atoms with Gasteiger partial charge < -0.3 is 5.11 Å². The van der Waals surface area contributed by atoms with Crippen LogP contribution in [0.15, 0.2) is 0 Å². The molecule has 1 aliphatic carbocycles. The summed E-state index contributed by atoms with van der Waals surface area (Å²) in [4.78, 5) is 0. The number of nitrogens with zero attached hydrogens (tertiary/aromatic N) is 1. The van der Waals surface area contributed by atoms with Gasteiger partial charge in [-0.15, -0.1) is 0 Å². The van der Waals surface area contributed by atoms with Crippen LogP contribution in [-0.2, 0) is 0 Å². The van der Waals surface area contributed by atoms with Crippen LogP contribution in [0, 0.1) is 17.2 Å². The van der Waals surface area contributed by atoms with Crippen LogP contribution in [-0.4, -0.2) is 23.8 Å². The standard InChI is InChI=1S/C9H16N2O/c1-9(7-10,11-4-5-12)6-8-2-3-8/h8,11-12H,2-6H2,1H3. The molecular weight excluding hydrogens is 152 g/mol. The number of nitrogens with one attached hydrogen (secondary N) is 1. The summed E-state index contributed by atoms with van der Waals surface area (Å²) in [5.74, 6) is 0.737. The van der Waals surface area contributed by atoms with E-state index in [-0.39, 0.29) is 6.61 Å². The summed E-state index contributed by atoms with van der Waals surface area (Å²) in [7, 11) is 0. The molecule has 12 heavy (non-hydrogen) atoms. The number of aliphatic hydroxyl groups excluding tert-OH is 1. The Balaban J connectivity index is 2.32. The minimum atomic E-state index is -0.427. The molecule has 1 unspecified atom stereocenters. The highest BCUT2D eigenvalue weighted by molar-refractivity contribution is 5.06. The molecule has 0 aliphatic heterocycles. The molecule has 2 N–H and O–H groups in total. The summed E-state index contributed by atoms with van der Waals surface area (Å²) >= 11 is 0. The predicted octanol–water partition coefficient (Wildman–Crippen LogP) is 0.651. The molecule has 0 saturated heterocycles. The number of β-amino-alcohol motifs (C(OH)–C–C–N with tert-alkyl or cyclic N) is 1. The van der Waals surface area contributed by atoms with Crippen molar-refractivity contribution in [2.75, 3.05) is 13.2 Å². The van der Waals surface area contributed by atoms with Crippen LogP contribution >= 0.6 is 0 Å². The number of aliphatic hydroxyl groups is 1. The molecular formula is C9H16N2O. The summed E-state index contributed by atoms with van der Waals surface area (Å²) in [6, 6.07) is 2.26. The van der Waals surface area contributed by atoms with E-state index in [2.05, 4.69) is 11.4 Å². The van der Waals surface area contributed by atoms with Gasteiger partial charge in [0, 0.05) is 6.54 Å². The molecule has 0 bridgehead atoms. The number of rotatable bonds is 5. The number of hydrogen-bond acceptors (Lipinski definition) is 3. The second-order valence-corrected chi connectivity index (χ2v) is 3.74. The minimum Gasteiger partial charge on any atom is -0.395 e. The molecule has 0 amide bonds. The Morgan fingerprint density at radius 2 is 2.33 bits per heavy atom. The van der Waals surface area contributed by atoms with E-state index in [0.29, 0.717) is 6.54 Å². The molecule has 0 aromatic carbocycles. The number of hydrogen-bond donors (Lipinski definition) is 2. The highest BCUT2D eigenvalue weighted by Crippen LogP contribution is 2.36. The van der Waals surface area contributed by atoms with E-state index in [1.165, 1.54) is 12.8 Å². The Morgan fingerprint density at radius 3 is 2.75 bits per heavy atom. The fourth-order valence-electron chi connectivity index (χ4n) is 1.39. The topological polar surface area (TPSA) is 56.0 Å². The van der Waals surface area contributed by atoms with Crippen LogP contribution in [0.5, 0.6) is 0 Å². The predicted molar refractivity (Wildman–Crippen MR) is 46.4 cm³/mol. The highest BCUT2D eigenvalue weighted by Gasteiger charge is 2.32. The van der Waals surface area contributed by atoms with E-state index in [9.17, 15) is 0 Å². The number of nitriles is 1. The Bertz CT molecular complexity index is 183.